The van der Waals surface area contributed by atoms with E-state index in [4.69, 9.17) is 5.11 Å². The fourth-order valence-corrected chi connectivity index (χ4v) is 2.49. The number of nitrogens with zero attached hydrogens (tertiary/aromatic N) is 1. The monoisotopic (exact) mass is 262 g/mol. The highest BCUT2D eigenvalue weighted by Crippen LogP contribution is 2.22. The first-order valence-electron chi connectivity index (χ1n) is 6.14. The molecule has 1 atom stereocenters. The van der Waals surface area contributed by atoms with Crippen molar-refractivity contribution < 1.29 is 5.11 Å². The van der Waals surface area contributed by atoms with Crippen LogP contribution in [0.2, 0.25) is 0 Å². The van der Waals surface area contributed by atoms with Gasteiger partial charge in [0.1, 0.15) is 0 Å². The average molecular weight is 262 g/mol. The maximum Gasteiger partial charge on any atom is 0.0795 e. The summed E-state index contributed by atoms with van der Waals surface area (Å²) in [7, 11) is 0. The number of aromatic nitrogens is 1. The van der Waals surface area contributed by atoms with Gasteiger partial charge in [0, 0.05) is 23.4 Å². The smallest absolute Gasteiger partial charge is 0.0795 e. The number of aryl methyl sites for hydroxylation is 1. The Balaban J connectivity index is 2.00. The SMILES string of the molecule is CC(Nc1cccc(CCCO)c1)c1cncs1. The Morgan fingerprint density at radius 2 is 2.33 bits per heavy atom. The number of benzene rings is 1. The van der Waals surface area contributed by atoms with Crippen LogP contribution >= 0.6 is 11.3 Å². The molecular weight excluding hydrogens is 244 g/mol. The lowest BCUT2D eigenvalue weighted by atomic mass is 10.1. The first kappa shape index (κ1) is 13.1. The molecule has 1 heterocycles. The van der Waals surface area contributed by atoms with Crippen LogP contribution in [-0.4, -0.2) is 16.7 Å². The number of nitrogens with one attached hydrogen (secondary N) is 1. The molecule has 3 nitrogen and oxygen atoms in total. The molecule has 2 N–H and O–H groups in total. The van der Waals surface area contributed by atoms with Gasteiger partial charge in [-0.3, -0.25) is 4.98 Å². The fourth-order valence-electron chi connectivity index (χ4n) is 1.86. The lowest BCUT2D eigenvalue weighted by Gasteiger charge is -2.14. The summed E-state index contributed by atoms with van der Waals surface area (Å²) in [5.41, 5.74) is 4.22. The van der Waals surface area contributed by atoms with E-state index in [1.54, 1.807) is 11.3 Å². The van der Waals surface area contributed by atoms with Crippen LogP contribution in [0.3, 0.4) is 0 Å². The molecule has 0 aliphatic carbocycles. The predicted molar refractivity (Wildman–Crippen MR) is 76.0 cm³/mol. The third kappa shape index (κ3) is 3.55. The van der Waals surface area contributed by atoms with Crippen molar-refractivity contribution in [3.05, 3.63) is 46.4 Å². The largest absolute Gasteiger partial charge is 0.396 e. The van der Waals surface area contributed by atoms with Gasteiger partial charge < -0.3 is 10.4 Å². The molecule has 0 amide bonds. The second-order valence-electron chi connectivity index (χ2n) is 4.30. The van der Waals surface area contributed by atoms with Crippen molar-refractivity contribution in [1.29, 1.82) is 0 Å². The van der Waals surface area contributed by atoms with E-state index in [9.17, 15) is 0 Å². The maximum absolute atomic E-state index is 8.85. The summed E-state index contributed by atoms with van der Waals surface area (Å²) < 4.78 is 0. The Morgan fingerprint density at radius 1 is 1.44 bits per heavy atom. The Bertz CT molecular complexity index is 470. The number of aliphatic hydroxyl groups is 1. The molecule has 2 rings (SSSR count). The van der Waals surface area contributed by atoms with Crippen LogP contribution in [0.5, 0.6) is 0 Å². The number of hydrogen-bond donors (Lipinski definition) is 2. The molecule has 0 saturated carbocycles. The third-order valence-corrected chi connectivity index (χ3v) is 3.77. The van der Waals surface area contributed by atoms with E-state index < -0.39 is 0 Å². The number of aliphatic hydroxyl groups excluding tert-OH is 1. The highest BCUT2D eigenvalue weighted by atomic mass is 32.1. The summed E-state index contributed by atoms with van der Waals surface area (Å²) in [4.78, 5) is 5.33. The van der Waals surface area contributed by atoms with E-state index in [0.717, 1.165) is 18.5 Å². The molecule has 2 aromatic rings. The first-order chi connectivity index (χ1) is 8.79. The second-order valence-corrected chi connectivity index (χ2v) is 5.22. The van der Waals surface area contributed by atoms with Gasteiger partial charge in [-0.2, -0.15) is 0 Å². The second kappa shape index (κ2) is 6.52. The zero-order valence-electron chi connectivity index (χ0n) is 10.5. The van der Waals surface area contributed by atoms with Gasteiger partial charge in [-0.1, -0.05) is 12.1 Å². The zero-order valence-corrected chi connectivity index (χ0v) is 11.3. The van der Waals surface area contributed by atoms with Crippen molar-refractivity contribution in [1.82, 2.24) is 4.98 Å². The number of hydrogen-bond acceptors (Lipinski definition) is 4. The van der Waals surface area contributed by atoms with Crippen LogP contribution in [0.1, 0.15) is 29.8 Å². The molecule has 1 aromatic carbocycles. The molecule has 0 aliphatic rings. The minimum absolute atomic E-state index is 0.245. The molecule has 0 spiro atoms. The molecule has 96 valence electrons. The summed E-state index contributed by atoms with van der Waals surface area (Å²) in [6.45, 7) is 2.38. The molecular formula is C14H18N2OS. The van der Waals surface area contributed by atoms with E-state index in [-0.39, 0.29) is 12.6 Å². The van der Waals surface area contributed by atoms with Crippen molar-refractivity contribution in [2.45, 2.75) is 25.8 Å². The van der Waals surface area contributed by atoms with Gasteiger partial charge in [-0.05, 0) is 37.5 Å². The zero-order chi connectivity index (χ0) is 12.8. The number of anilines is 1. The molecule has 0 bridgehead atoms. The maximum atomic E-state index is 8.85. The van der Waals surface area contributed by atoms with Gasteiger partial charge in [0.25, 0.3) is 0 Å². The van der Waals surface area contributed by atoms with Crippen molar-refractivity contribution in [2.75, 3.05) is 11.9 Å². The number of rotatable bonds is 6. The van der Waals surface area contributed by atoms with Gasteiger partial charge in [0.2, 0.25) is 0 Å². The lowest BCUT2D eigenvalue weighted by molar-refractivity contribution is 0.288. The fraction of sp³-hybridized carbons (Fsp3) is 0.357. The van der Waals surface area contributed by atoms with Gasteiger partial charge >= 0.3 is 0 Å². The minimum atomic E-state index is 0.245. The minimum Gasteiger partial charge on any atom is -0.396 e. The lowest BCUT2D eigenvalue weighted by Crippen LogP contribution is -2.05. The van der Waals surface area contributed by atoms with Gasteiger partial charge in [0.05, 0.1) is 11.6 Å². The topological polar surface area (TPSA) is 45.1 Å². The van der Waals surface area contributed by atoms with Crippen LogP contribution in [-0.2, 0) is 6.42 Å². The van der Waals surface area contributed by atoms with E-state index in [1.165, 1.54) is 10.4 Å². The van der Waals surface area contributed by atoms with Gasteiger partial charge in [-0.15, -0.1) is 11.3 Å². The Labute approximate surface area is 112 Å². The Morgan fingerprint density at radius 3 is 3.06 bits per heavy atom. The van der Waals surface area contributed by atoms with Gasteiger partial charge in [-0.25, -0.2) is 0 Å². The highest BCUT2D eigenvalue weighted by Gasteiger charge is 2.06. The number of thiazole rings is 1. The molecule has 0 aliphatic heterocycles. The van der Waals surface area contributed by atoms with Crippen molar-refractivity contribution in [3.63, 3.8) is 0 Å². The van der Waals surface area contributed by atoms with E-state index in [1.807, 2.05) is 11.7 Å². The average Bonchev–Trinajstić information content (AvgIpc) is 2.91. The molecule has 1 aromatic heterocycles. The summed E-state index contributed by atoms with van der Waals surface area (Å²) in [6.07, 6.45) is 3.63. The summed E-state index contributed by atoms with van der Waals surface area (Å²) in [6, 6.07) is 8.63. The van der Waals surface area contributed by atoms with Crippen LogP contribution in [0, 0.1) is 0 Å². The van der Waals surface area contributed by atoms with Gasteiger partial charge in [0.15, 0.2) is 0 Å². The van der Waals surface area contributed by atoms with E-state index >= 15 is 0 Å². The first-order valence-corrected chi connectivity index (χ1v) is 7.02. The quantitative estimate of drug-likeness (QED) is 0.840. The van der Waals surface area contributed by atoms with Crippen LogP contribution in [0.25, 0.3) is 0 Å². The van der Waals surface area contributed by atoms with Crippen molar-refractivity contribution in [3.8, 4) is 0 Å². The van der Waals surface area contributed by atoms with E-state index in [0.29, 0.717) is 0 Å². The third-order valence-electron chi connectivity index (χ3n) is 2.81. The van der Waals surface area contributed by atoms with Crippen molar-refractivity contribution in [2.24, 2.45) is 0 Å². The molecule has 4 heteroatoms. The Hall–Kier alpha value is -1.39. The van der Waals surface area contributed by atoms with Crippen LogP contribution in [0.4, 0.5) is 5.69 Å². The van der Waals surface area contributed by atoms with Crippen molar-refractivity contribution >= 4 is 17.0 Å². The standard InChI is InChI=1S/C14H18N2OS/c1-11(14-9-15-10-18-14)16-13-6-2-4-12(8-13)5-3-7-17/h2,4,6,8-11,16-17H,3,5,7H2,1H3. The molecule has 1 unspecified atom stereocenters. The summed E-state index contributed by atoms with van der Waals surface area (Å²) in [5, 5.41) is 12.3. The highest BCUT2D eigenvalue weighted by molar-refractivity contribution is 7.09. The molecule has 18 heavy (non-hydrogen) atoms. The normalized spacial score (nSPS) is 12.3. The molecule has 0 fully saturated rings. The van der Waals surface area contributed by atoms with E-state index in [2.05, 4.69) is 41.5 Å². The summed E-state index contributed by atoms with van der Waals surface area (Å²) >= 11 is 1.66. The predicted octanol–water partition coefficient (Wildman–Crippen LogP) is 3.24. The summed E-state index contributed by atoms with van der Waals surface area (Å²) in [5.74, 6) is 0. The molecule has 0 saturated heterocycles. The van der Waals surface area contributed by atoms with Crippen LogP contribution in [0.15, 0.2) is 36.0 Å². The van der Waals surface area contributed by atoms with Crippen LogP contribution < -0.4 is 5.32 Å². The molecule has 0 radical (unpaired) electrons. The Kier molecular flexibility index (Phi) is 4.73.